The van der Waals surface area contributed by atoms with Gasteiger partial charge in [0.15, 0.2) is 0 Å². The summed E-state index contributed by atoms with van der Waals surface area (Å²) in [7, 11) is 0. The Kier molecular flexibility index (Phi) is 4.24. The monoisotopic (exact) mass is 236 g/mol. The third-order valence-corrected chi connectivity index (χ3v) is 3.47. The van der Waals surface area contributed by atoms with E-state index in [9.17, 15) is 0 Å². The van der Waals surface area contributed by atoms with Crippen LogP contribution in [-0.2, 0) is 13.1 Å². The maximum absolute atomic E-state index is 5.63. The Morgan fingerprint density at radius 1 is 1.53 bits per heavy atom. The first-order chi connectivity index (χ1) is 8.15. The van der Waals surface area contributed by atoms with Crippen LogP contribution in [0.5, 0.6) is 0 Å². The lowest BCUT2D eigenvalue weighted by Crippen LogP contribution is -2.25. The number of hydrogen-bond acceptors (Lipinski definition) is 3. The van der Waals surface area contributed by atoms with Crippen LogP contribution in [0.1, 0.15) is 44.9 Å². The summed E-state index contributed by atoms with van der Waals surface area (Å²) in [5.74, 6) is 1.10. The Morgan fingerprint density at radius 3 is 3.00 bits per heavy atom. The van der Waals surface area contributed by atoms with E-state index in [0.717, 1.165) is 18.8 Å². The molecule has 0 spiro atoms. The van der Waals surface area contributed by atoms with Crippen LogP contribution in [-0.4, -0.2) is 23.5 Å². The van der Waals surface area contributed by atoms with Crippen LogP contribution in [0.2, 0.25) is 0 Å². The van der Waals surface area contributed by atoms with Gasteiger partial charge in [-0.2, -0.15) is 0 Å². The summed E-state index contributed by atoms with van der Waals surface area (Å²) < 4.78 is 5.63. The van der Waals surface area contributed by atoms with Gasteiger partial charge in [0.1, 0.15) is 5.76 Å². The molecule has 3 nitrogen and oxygen atoms in total. The van der Waals surface area contributed by atoms with Gasteiger partial charge in [-0.05, 0) is 32.4 Å². The Morgan fingerprint density at radius 2 is 2.35 bits per heavy atom. The van der Waals surface area contributed by atoms with Crippen molar-refractivity contribution in [1.29, 1.82) is 0 Å². The fourth-order valence-corrected chi connectivity index (χ4v) is 2.35. The predicted molar refractivity (Wildman–Crippen MR) is 69.8 cm³/mol. The first-order valence-corrected chi connectivity index (χ1v) is 6.69. The minimum Gasteiger partial charge on any atom is -0.468 e. The molecule has 0 aromatic carbocycles. The number of furan rings is 1. The van der Waals surface area contributed by atoms with E-state index in [4.69, 9.17) is 4.42 Å². The second kappa shape index (κ2) is 5.69. The molecule has 1 N–H and O–H groups in total. The first-order valence-electron chi connectivity index (χ1n) is 6.69. The quantitative estimate of drug-likeness (QED) is 0.852. The molecule has 3 heteroatoms. The van der Waals surface area contributed by atoms with Crippen LogP contribution in [0.4, 0.5) is 0 Å². The highest BCUT2D eigenvalue weighted by molar-refractivity contribution is 5.13. The van der Waals surface area contributed by atoms with Crippen molar-refractivity contribution in [2.45, 2.75) is 58.8 Å². The minimum absolute atomic E-state index is 0.520. The van der Waals surface area contributed by atoms with E-state index in [1.54, 1.807) is 0 Å². The van der Waals surface area contributed by atoms with Crippen LogP contribution >= 0.6 is 0 Å². The van der Waals surface area contributed by atoms with Gasteiger partial charge in [-0.25, -0.2) is 0 Å². The molecule has 1 aromatic rings. The maximum atomic E-state index is 5.63. The van der Waals surface area contributed by atoms with E-state index in [-0.39, 0.29) is 0 Å². The van der Waals surface area contributed by atoms with E-state index in [1.807, 2.05) is 6.26 Å². The molecular formula is C14H24N2O. The maximum Gasteiger partial charge on any atom is 0.118 e. The molecule has 0 bridgehead atoms. The van der Waals surface area contributed by atoms with Gasteiger partial charge in [-0.1, -0.05) is 13.8 Å². The summed E-state index contributed by atoms with van der Waals surface area (Å²) in [5, 5.41) is 3.40. The molecule has 1 fully saturated rings. The van der Waals surface area contributed by atoms with Crippen LogP contribution in [0.15, 0.2) is 16.7 Å². The largest absolute Gasteiger partial charge is 0.468 e. The van der Waals surface area contributed by atoms with Crippen molar-refractivity contribution in [3.8, 4) is 0 Å². The standard InChI is InChI=1S/C14H24N2O/c1-11(2)15-8-13-7-14(17-10-13)9-16-6-4-5-12(16)3/h7,10-12,15H,4-6,8-9H2,1-3H3. The van der Waals surface area contributed by atoms with Crippen molar-refractivity contribution >= 4 is 0 Å². The molecular weight excluding hydrogens is 212 g/mol. The summed E-state index contributed by atoms with van der Waals surface area (Å²) in [4.78, 5) is 2.50. The fourth-order valence-electron chi connectivity index (χ4n) is 2.35. The highest BCUT2D eigenvalue weighted by Gasteiger charge is 2.21. The SMILES string of the molecule is CC(C)NCc1coc(CN2CCCC2C)c1. The summed E-state index contributed by atoms with van der Waals surface area (Å²) in [6, 6.07) is 3.41. The lowest BCUT2D eigenvalue weighted by molar-refractivity contribution is 0.238. The highest BCUT2D eigenvalue weighted by atomic mass is 16.3. The topological polar surface area (TPSA) is 28.4 Å². The molecule has 1 unspecified atom stereocenters. The number of nitrogens with one attached hydrogen (secondary N) is 1. The van der Waals surface area contributed by atoms with Gasteiger partial charge in [0.05, 0.1) is 12.8 Å². The molecule has 1 aliphatic heterocycles. The van der Waals surface area contributed by atoms with E-state index >= 15 is 0 Å². The number of rotatable bonds is 5. The molecule has 1 aliphatic rings. The van der Waals surface area contributed by atoms with E-state index in [0.29, 0.717) is 12.1 Å². The van der Waals surface area contributed by atoms with E-state index in [2.05, 4.69) is 37.1 Å². The lowest BCUT2D eigenvalue weighted by Gasteiger charge is -2.18. The van der Waals surface area contributed by atoms with Crippen LogP contribution in [0, 0.1) is 0 Å². The minimum atomic E-state index is 0.520. The summed E-state index contributed by atoms with van der Waals surface area (Å²) in [6.07, 6.45) is 4.53. The summed E-state index contributed by atoms with van der Waals surface area (Å²) >= 11 is 0. The molecule has 96 valence electrons. The summed E-state index contributed by atoms with van der Waals surface area (Å²) in [5.41, 5.74) is 1.25. The Bertz CT molecular complexity index is 346. The van der Waals surface area contributed by atoms with Gasteiger partial charge in [0.2, 0.25) is 0 Å². The van der Waals surface area contributed by atoms with Gasteiger partial charge in [-0.3, -0.25) is 4.90 Å². The summed E-state index contributed by atoms with van der Waals surface area (Å²) in [6.45, 7) is 9.69. The molecule has 0 aliphatic carbocycles. The van der Waals surface area contributed by atoms with Crippen molar-refractivity contribution < 1.29 is 4.42 Å². The van der Waals surface area contributed by atoms with Crippen molar-refractivity contribution in [2.24, 2.45) is 0 Å². The van der Waals surface area contributed by atoms with E-state index < -0.39 is 0 Å². The zero-order chi connectivity index (χ0) is 12.3. The molecule has 17 heavy (non-hydrogen) atoms. The van der Waals surface area contributed by atoms with Crippen LogP contribution < -0.4 is 5.32 Å². The van der Waals surface area contributed by atoms with Gasteiger partial charge in [-0.15, -0.1) is 0 Å². The third kappa shape index (κ3) is 3.58. The van der Waals surface area contributed by atoms with Gasteiger partial charge >= 0.3 is 0 Å². The highest BCUT2D eigenvalue weighted by Crippen LogP contribution is 2.20. The number of likely N-dealkylation sites (tertiary alicyclic amines) is 1. The normalized spacial score (nSPS) is 21.5. The van der Waals surface area contributed by atoms with Crippen molar-refractivity contribution in [1.82, 2.24) is 10.2 Å². The van der Waals surface area contributed by atoms with Crippen molar-refractivity contribution in [2.75, 3.05) is 6.54 Å². The smallest absolute Gasteiger partial charge is 0.118 e. The molecule has 0 amide bonds. The average molecular weight is 236 g/mol. The zero-order valence-electron chi connectivity index (χ0n) is 11.2. The zero-order valence-corrected chi connectivity index (χ0v) is 11.2. The van der Waals surface area contributed by atoms with Crippen molar-refractivity contribution in [3.05, 3.63) is 23.7 Å². The molecule has 1 atom stereocenters. The fraction of sp³-hybridized carbons (Fsp3) is 0.714. The average Bonchev–Trinajstić information content (AvgIpc) is 2.87. The molecule has 0 saturated carbocycles. The Labute approximate surface area is 104 Å². The van der Waals surface area contributed by atoms with Gasteiger partial charge in [0.25, 0.3) is 0 Å². The molecule has 2 rings (SSSR count). The number of nitrogens with zero attached hydrogens (tertiary/aromatic N) is 1. The lowest BCUT2D eigenvalue weighted by atomic mass is 10.2. The first kappa shape index (κ1) is 12.7. The second-order valence-electron chi connectivity index (χ2n) is 5.42. The number of hydrogen-bond donors (Lipinski definition) is 1. The van der Waals surface area contributed by atoms with E-state index in [1.165, 1.54) is 24.9 Å². The van der Waals surface area contributed by atoms with Crippen LogP contribution in [0.3, 0.4) is 0 Å². The molecule has 0 radical (unpaired) electrons. The van der Waals surface area contributed by atoms with Gasteiger partial charge in [0, 0.05) is 24.2 Å². The van der Waals surface area contributed by atoms with Gasteiger partial charge < -0.3 is 9.73 Å². The van der Waals surface area contributed by atoms with Crippen molar-refractivity contribution in [3.63, 3.8) is 0 Å². The predicted octanol–water partition coefficient (Wildman–Crippen LogP) is 2.76. The Balaban J connectivity index is 1.85. The van der Waals surface area contributed by atoms with Crippen LogP contribution in [0.25, 0.3) is 0 Å². The molecule has 2 heterocycles. The second-order valence-corrected chi connectivity index (χ2v) is 5.42. The third-order valence-electron chi connectivity index (χ3n) is 3.47. The molecule has 1 saturated heterocycles. The molecule has 1 aromatic heterocycles. The Hall–Kier alpha value is -0.800.